The first-order valence-corrected chi connectivity index (χ1v) is 6.54. The predicted octanol–water partition coefficient (Wildman–Crippen LogP) is 2.27. The van der Waals surface area contributed by atoms with Gasteiger partial charge in [0.15, 0.2) is 0 Å². The minimum atomic E-state index is -0.387. The van der Waals surface area contributed by atoms with Crippen molar-refractivity contribution in [1.82, 2.24) is 10.2 Å². The summed E-state index contributed by atoms with van der Waals surface area (Å²) in [5.41, 5.74) is -0.387. The van der Waals surface area contributed by atoms with Crippen LogP contribution in [0.1, 0.15) is 33.6 Å². The van der Waals surface area contributed by atoms with Crippen LogP contribution in [0.2, 0.25) is 0 Å². The molecule has 1 saturated heterocycles. The van der Waals surface area contributed by atoms with Gasteiger partial charge in [-0.05, 0) is 52.5 Å². The normalized spacial score (nSPS) is 30.9. The first kappa shape index (κ1) is 15.6. The number of ether oxygens (including phenoxy) is 1. The van der Waals surface area contributed by atoms with Gasteiger partial charge in [-0.2, -0.15) is 0 Å². The summed E-state index contributed by atoms with van der Waals surface area (Å²) in [4.78, 5) is 13.8. The van der Waals surface area contributed by atoms with E-state index < -0.39 is 0 Å². The molecule has 1 N–H and O–H groups in total. The van der Waals surface area contributed by atoms with Crippen LogP contribution >= 0.6 is 12.4 Å². The molecule has 0 bridgehead atoms. The Labute approximate surface area is 116 Å². The smallest absolute Gasteiger partial charge is 0.410 e. The lowest BCUT2D eigenvalue weighted by molar-refractivity contribution is 0.0279. The van der Waals surface area contributed by atoms with E-state index in [1.165, 1.54) is 12.8 Å². The molecule has 3 atom stereocenters. The Hall–Kier alpha value is -0.480. The molecule has 0 aromatic heterocycles. The molecule has 106 valence electrons. The molecule has 0 radical (unpaired) electrons. The minimum absolute atomic E-state index is 0. The first-order chi connectivity index (χ1) is 7.89. The van der Waals surface area contributed by atoms with Crippen molar-refractivity contribution in [2.75, 3.05) is 20.1 Å². The van der Waals surface area contributed by atoms with Gasteiger partial charge in [0.25, 0.3) is 0 Å². The van der Waals surface area contributed by atoms with Gasteiger partial charge in [0.05, 0.1) is 0 Å². The van der Waals surface area contributed by atoms with E-state index in [2.05, 4.69) is 5.32 Å². The third-order valence-corrected chi connectivity index (χ3v) is 3.81. The zero-order chi connectivity index (χ0) is 12.6. The molecule has 4 nitrogen and oxygen atoms in total. The van der Waals surface area contributed by atoms with Crippen LogP contribution in [-0.4, -0.2) is 42.8 Å². The van der Waals surface area contributed by atoms with Crippen LogP contribution in [0.3, 0.4) is 0 Å². The Kier molecular flexibility index (Phi) is 4.90. The molecule has 1 amide bonds. The van der Waals surface area contributed by atoms with Crippen molar-refractivity contribution in [2.45, 2.75) is 45.3 Å². The third-order valence-electron chi connectivity index (χ3n) is 3.81. The van der Waals surface area contributed by atoms with Crippen molar-refractivity contribution >= 4 is 18.5 Å². The average molecular weight is 277 g/mol. The lowest BCUT2D eigenvalue weighted by atomic mass is 10.0. The first-order valence-electron chi connectivity index (χ1n) is 6.54. The molecule has 2 fully saturated rings. The van der Waals surface area contributed by atoms with Crippen LogP contribution in [-0.2, 0) is 4.74 Å². The van der Waals surface area contributed by atoms with Gasteiger partial charge >= 0.3 is 6.09 Å². The van der Waals surface area contributed by atoms with Crippen molar-refractivity contribution in [3.8, 4) is 0 Å². The molecular weight excluding hydrogens is 252 g/mol. The Morgan fingerprint density at radius 1 is 1.22 bits per heavy atom. The molecule has 2 rings (SSSR count). The average Bonchev–Trinajstić information content (AvgIpc) is 2.70. The van der Waals surface area contributed by atoms with Gasteiger partial charge in [-0.3, -0.25) is 0 Å². The summed E-state index contributed by atoms with van der Waals surface area (Å²) in [5.74, 6) is 1.33. The van der Waals surface area contributed by atoms with Gasteiger partial charge in [0.2, 0.25) is 0 Å². The Bertz CT molecular complexity index is 290. The highest BCUT2D eigenvalue weighted by molar-refractivity contribution is 5.85. The molecule has 18 heavy (non-hydrogen) atoms. The highest BCUT2D eigenvalue weighted by Crippen LogP contribution is 2.38. The summed E-state index contributed by atoms with van der Waals surface area (Å²) < 4.78 is 5.41. The van der Waals surface area contributed by atoms with Gasteiger partial charge in [-0.1, -0.05) is 0 Å². The monoisotopic (exact) mass is 276 g/mol. The lowest BCUT2D eigenvalue weighted by Gasteiger charge is -2.25. The number of hydrogen-bond donors (Lipinski definition) is 1. The minimum Gasteiger partial charge on any atom is -0.444 e. The Balaban J connectivity index is 0.00000162. The number of likely N-dealkylation sites (tertiary alicyclic amines) is 1. The van der Waals surface area contributed by atoms with Crippen molar-refractivity contribution in [3.05, 3.63) is 0 Å². The molecule has 1 saturated carbocycles. The summed E-state index contributed by atoms with van der Waals surface area (Å²) >= 11 is 0. The molecule has 1 heterocycles. The fourth-order valence-corrected chi connectivity index (χ4v) is 3.01. The summed E-state index contributed by atoms with van der Waals surface area (Å²) in [6.07, 6.45) is 2.24. The third kappa shape index (κ3) is 3.51. The van der Waals surface area contributed by atoms with E-state index in [9.17, 15) is 4.79 Å². The second kappa shape index (κ2) is 5.66. The molecule has 1 aliphatic heterocycles. The second-order valence-electron chi connectivity index (χ2n) is 6.36. The van der Waals surface area contributed by atoms with Crippen LogP contribution < -0.4 is 5.32 Å². The fourth-order valence-electron chi connectivity index (χ4n) is 3.01. The van der Waals surface area contributed by atoms with Gasteiger partial charge < -0.3 is 15.0 Å². The van der Waals surface area contributed by atoms with Gasteiger partial charge in [0.1, 0.15) is 5.60 Å². The fraction of sp³-hybridized carbons (Fsp3) is 0.923. The second-order valence-corrected chi connectivity index (χ2v) is 6.36. The number of fused-ring (bicyclic) bond motifs is 1. The predicted molar refractivity (Wildman–Crippen MR) is 74.1 cm³/mol. The molecule has 1 unspecified atom stereocenters. The van der Waals surface area contributed by atoms with E-state index in [1.54, 1.807) is 0 Å². The van der Waals surface area contributed by atoms with E-state index in [4.69, 9.17) is 4.74 Å². The summed E-state index contributed by atoms with van der Waals surface area (Å²) in [7, 11) is 2.03. The van der Waals surface area contributed by atoms with Crippen LogP contribution in [0.5, 0.6) is 0 Å². The molecule has 0 aromatic rings. The highest BCUT2D eigenvalue weighted by atomic mass is 35.5. The maximum atomic E-state index is 11.9. The maximum absolute atomic E-state index is 11.9. The topological polar surface area (TPSA) is 41.6 Å². The number of rotatable bonds is 1. The largest absolute Gasteiger partial charge is 0.444 e. The maximum Gasteiger partial charge on any atom is 0.410 e. The number of amides is 1. The van der Waals surface area contributed by atoms with Crippen LogP contribution in [0.15, 0.2) is 0 Å². The number of carbonyl (C=O) groups is 1. The summed E-state index contributed by atoms with van der Waals surface area (Å²) in [6, 6.07) is 0.644. The lowest BCUT2D eigenvalue weighted by Crippen LogP contribution is -2.36. The SMILES string of the molecule is CNC1C[C@@H]2CN(C(=O)OC(C)(C)C)C[C@@H]2C1.Cl. The summed E-state index contributed by atoms with van der Waals surface area (Å²) in [6.45, 7) is 7.49. The van der Waals surface area contributed by atoms with Gasteiger partial charge in [-0.15, -0.1) is 12.4 Å². The van der Waals surface area contributed by atoms with Crippen LogP contribution in [0, 0.1) is 11.8 Å². The van der Waals surface area contributed by atoms with E-state index in [0.29, 0.717) is 17.9 Å². The van der Waals surface area contributed by atoms with Crippen LogP contribution in [0.4, 0.5) is 4.79 Å². The zero-order valence-electron chi connectivity index (χ0n) is 11.7. The van der Waals surface area contributed by atoms with Crippen molar-refractivity contribution < 1.29 is 9.53 Å². The number of hydrogen-bond acceptors (Lipinski definition) is 3. The highest BCUT2D eigenvalue weighted by Gasteiger charge is 2.42. The molecule has 1 aliphatic carbocycles. The van der Waals surface area contributed by atoms with E-state index in [1.807, 2.05) is 32.7 Å². The number of nitrogens with zero attached hydrogens (tertiary/aromatic N) is 1. The van der Waals surface area contributed by atoms with Crippen LogP contribution in [0.25, 0.3) is 0 Å². The molecule has 5 heteroatoms. The van der Waals surface area contributed by atoms with E-state index in [0.717, 1.165) is 13.1 Å². The summed E-state index contributed by atoms with van der Waals surface area (Å²) in [5, 5.41) is 3.34. The van der Waals surface area contributed by atoms with Gasteiger partial charge in [0, 0.05) is 19.1 Å². The van der Waals surface area contributed by atoms with Gasteiger partial charge in [-0.25, -0.2) is 4.79 Å². The van der Waals surface area contributed by atoms with E-state index >= 15 is 0 Å². The Morgan fingerprint density at radius 2 is 1.72 bits per heavy atom. The number of halogens is 1. The van der Waals surface area contributed by atoms with Crippen molar-refractivity contribution in [1.29, 1.82) is 0 Å². The number of nitrogens with one attached hydrogen (secondary N) is 1. The molecular formula is C13H25ClN2O2. The standard InChI is InChI=1S/C13H24N2O2.ClH/c1-13(2,3)17-12(16)15-7-9-5-11(14-4)6-10(9)8-15;/h9-11,14H,5-8H2,1-4H3;1H/t9-,10+,11?;. The van der Waals surface area contributed by atoms with Crippen molar-refractivity contribution in [3.63, 3.8) is 0 Å². The van der Waals surface area contributed by atoms with Crippen molar-refractivity contribution in [2.24, 2.45) is 11.8 Å². The molecule has 0 spiro atoms. The molecule has 2 aliphatic rings. The van der Waals surface area contributed by atoms with E-state index in [-0.39, 0.29) is 24.1 Å². The quantitative estimate of drug-likeness (QED) is 0.799. The molecule has 0 aromatic carbocycles. The Morgan fingerprint density at radius 3 is 2.11 bits per heavy atom. The zero-order valence-corrected chi connectivity index (χ0v) is 12.5. The number of carbonyl (C=O) groups excluding carboxylic acids is 1.